The van der Waals surface area contributed by atoms with Crippen molar-refractivity contribution in [2.45, 2.75) is 13.0 Å². The Morgan fingerprint density at radius 3 is 2.62 bits per heavy atom. The molecule has 0 aliphatic carbocycles. The summed E-state index contributed by atoms with van der Waals surface area (Å²) in [5, 5.41) is 3.28. The monoisotopic (exact) mass is 497 g/mol. The van der Waals surface area contributed by atoms with E-state index in [1.807, 2.05) is 30.1 Å². The predicted octanol–water partition coefficient (Wildman–Crippen LogP) is 1.76. The number of halogens is 1. The van der Waals surface area contributed by atoms with Crippen LogP contribution in [0.4, 0.5) is 0 Å². The maximum absolute atomic E-state index is 11.6. The van der Waals surface area contributed by atoms with Gasteiger partial charge in [-0.05, 0) is 24.5 Å². The summed E-state index contributed by atoms with van der Waals surface area (Å²) in [5.41, 5.74) is 1.01. The molecule has 1 saturated heterocycles. The second kappa shape index (κ2) is 10.2. The fourth-order valence-electron chi connectivity index (χ4n) is 2.97. The highest BCUT2D eigenvalue weighted by Crippen LogP contribution is 2.25. The van der Waals surface area contributed by atoms with Crippen molar-refractivity contribution in [1.82, 2.24) is 10.2 Å². The van der Waals surface area contributed by atoms with Crippen LogP contribution >= 0.6 is 24.0 Å². The first-order valence-corrected chi connectivity index (χ1v) is 10.0. The van der Waals surface area contributed by atoms with Gasteiger partial charge >= 0.3 is 0 Å². The average molecular weight is 497 g/mol. The van der Waals surface area contributed by atoms with Crippen LogP contribution in [0.1, 0.15) is 12.0 Å². The van der Waals surface area contributed by atoms with Gasteiger partial charge in [-0.1, -0.05) is 0 Å². The van der Waals surface area contributed by atoms with E-state index in [0.29, 0.717) is 19.5 Å². The molecule has 1 fully saturated rings. The number of sulfone groups is 1. The van der Waals surface area contributed by atoms with Crippen LogP contribution < -0.4 is 14.8 Å². The molecule has 148 valence electrons. The van der Waals surface area contributed by atoms with Crippen LogP contribution in [0.5, 0.6) is 11.5 Å². The molecule has 1 N–H and O–H groups in total. The van der Waals surface area contributed by atoms with E-state index < -0.39 is 9.84 Å². The van der Waals surface area contributed by atoms with Crippen molar-refractivity contribution in [2.24, 2.45) is 10.9 Å². The maximum Gasteiger partial charge on any atom is 0.193 e. The largest absolute Gasteiger partial charge is 0.497 e. The van der Waals surface area contributed by atoms with Gasteiger partial charge in [0.25, 0.3) is 0 Å². The second-order valence-electron chi connectivity index (χ2n) is 6.23. The first-order valence-electron chi connectivity index (χ1n) is 8.21. The molecule has 0 aromatic heterocycles. The zero-order valence-corrected chi connectivity index (χ0v) is 18.8. The fraction of sp³-hybridized carbons (Fsp3) is 0.588. The lowest BCUT2D eigenvalue weighted by atomic mass is 10.1. The van der Waals surface area contributed by atoms with Crippen molar-refractivity contribution < 1.29 is 17.9 Å². The van der Waals surface area contributed by atoms with E-state index in [0.717, 1.165) is 23.0 Å². The van der Waals surface area contributed by atoms with Gasteiger partial charge < -0.3 is 19.7 Å². The molecule has 1 aliphatic rings. The normalized spacial score (nSPS) is 18.8. The lowest BCUT2D eigenvalue weighted by molar-refractivity contribution is 0.382. The summed E-state index contributed by atoms with van der Waals surface area (Å²) in [6, 6.07) is 5.71. The van der Waals surface area contributed by atoms with Gasteiger partial charge in [-0.3, -0.25) is 4.99 Å². The molecule has 2 rings (SSSR count). The molecule has 0 saturated carbocycles. The molecule has 1 aliphatic heterocycles. The zero-order chi connectivity index (χ0) is 18.4. The number of aliphatic imine (C=N–C) groups is 1. The highest BCUT2D eigenvalue weighted by Gasteiger charge is 2.28. The summed E-state index contributed by atoms with van der Waals surface area (Å²) in [5.74, 6) is 2.91. The lowest BCUT2D eigenvalue weighted by Gasteiger charge is -2.24. The van der Waals surface area contributed by atoms with Crippen LogP contribution in [0, 0.1) is 5.92 Å². The van der Waals surface area contributed by atoms with Crippen LogP contribution in [0.15, 0.2) is 23.2 Å². The molecule has 0 spiro atoms. The summed E-state index contributed by atoms with van der Waals surface area (Å²) in [6.07, 6.45) is 0.711. The van der Waals surface area contributed by atoms with Crippen molar-refractivity contribution in [1.29, 1.82) is 0 Å². The van der Waals surface area contributed by atoms with E-state index in [-0.39, 0.29) is 41.4 Å². The predicted molar refractivity (Wildman–Crippen MR) is 115 cm³/mol. The average Bonchev–Trinajstić information content (AvgIpc) is 2.94. The van der Waals surface area contributed by atoms with Gasteiger partial charge in [0, 0.05) is 38.8 Å². The van der Waals surface area contributed by atoms with Gasteiger partial charge in [-0.25, -0.2) is 8.42 Å². The molecule has 1 unspecified atom stereocenters. The van der Waals surface area contributed by atoms with Crippen molar-refractivity contribution >= 4 is 39.8 Å². The van der Waals surface area contributed by atoms with E-state index in [4.69, 9.17) is 9.47 Å². The highest BCUT2D eigenvalue weighted by atomic mass is 127. The minimum absolute atomic E-state index is 0. The Morgan fingerprint density at radius 1 is 1.35 bits per heavy atom. The van der Waals surface area contributed by atoms with Gasteiger partial charge in [-0.2, -0.15) is 0 Å². The number of methoxy groups -OCH3 is 2. The third-order valence-electron chi connectivity index (χ3n) is 4.35. The topological polar surface area (TPSA) is 80.2 Å². The smallest absolute Gasteiger partial charge is 0.193 e. The number of nitrogens with one attached hydrogen (secondary N) is 1. The van der Waals surface area contributed by atoms with E-state index in [1.54, 1.807) is 21.3 Å². The molecule has 0 bridgehead atoms. The van der Waals surface area contributed by atoms with Gasteiger partial charge in [0.05, 0.1) is 25.7 Å². The third kappa shape index (κ3) is 6.19. The standard InChI is InChI=1S/C17H27N3O4S.HI/c1-18-17(19-10-13-7-8-25(21,22)12-13)20(2)11-14-5-6-15(23-3)9-16(14)24-4;/h5-6,9,13H,7-8,10-12H2,1-4H3,(H,18,19);1H. The van der Waals surface area contributed by atoms with Gasteiger partial charge in [-0.15, -0.1) is 24.0 Å². The summed E-state index contributed by atoms with van der Waals surface area (Å²) in [7, 11) is 4.05. The number of rotatable bonds is 6. The quantitative estimate of drug-likeness (QED) is 0.367. The molecule has 1 heterocycles. The SMILES string of the molecule is CN=C(NCC1CCS(=O)(=O)C1)N(C)Cc1ccc(OC)cc1OC.I. The minimum atomic E-state index is -2.86. The molecule has 1 aromatic carbocycles. The van der Waals surface area contributed by atoms with Crippen molar-refractivity contribution in [2.75, 3.05) is 46.4 Å². The Labute approximate surface area is 173 Å². The van der Waals surface area contributed by atoms with Gasteiger partial charge in [0.15, 0.2) is 15.8 Å². The van der Waals surface area contributed by atoms with E-state index in [2.05, 4.69) is 10.3 Å². The summed E-state index contributed by atoms with van der Waals surface area (Å²) < 4.78 is 33.8. The molecule has 0 radical (unpaired) electrons. The summed E-state index contributed by atoms with van der Waals surface area (Å²) in [4.78, 5) is 6.27. The summed E-state index contributed by atoms with van der Waals surface area (Å²) >= 11 is 0. The number of benzene rings is 1. The Morgan fingerprint density at radius 2 is 2.08 bits per heavy atom. The number of ether oxygens (including phenoxy) is 2. The Balaban J connectivity index is 0.00000338. The molecule has 0 amide bonds. The molecule has 1 atom stereocenters. The fourth-order valence-corrected chi connectivity index (χ4v) is 4.83. The van der Waals surface area contributed by atoms with Crippen molar-refractivity contribution in [3.63, 3.8) is 0 Å². The second-order valence-corrected chi connectivity index (χ2v) is 8.46. The van der Waals surface area contributed by atoms with Crippen LogP contribution in [-0.2, 0) is 16.4 Å². The number of hydrogen-bond acceptors (Lipinski definition) is 5. The summed E-state index contributed by atoms with van der Waals surface area (Å²) in [6.45, 7) is 1.21. The van der Waals surface area contributed by atoms with Gasteiger partial charge in [0.2, 0.25) is 0 Å². The maximum atomic E-state index is 11.6. The van der Waals surface area contributed by atoms with E-state index in [9.17, 15) is 8.42 Å². The molecule has 9 heteroatoms. The first-order chi connectivity index (χ1) is 11.9. The van der Waals surface area contributed by atoms with E-state index >= 15 is 0 Å². The van der Waals surface area contributed by atoms with E-state index in [1.165, 1.54) is 0 Å². The van der Waals surface area contributed by atoms with Crippen LogP contribution in [-0.4, -0.2) is 65.6 Å². The zero-order valence-electron chi connectivity index (χ0n) is 15.7. The first kappa shape index (κ1) is 22.8. The molecule has 7 nitrogen and oxygen atoms in total. The van der Waals surface area contributed by atoms with Gasteiger partial charge in [0.1, 0.15) is 11.5 Å². The Bertz CT molecular complexity index is 725. The van der Waals surface area contributed by atoms with Crippen LogP contribution in [0.25, 0.3) is 0 Å². The third-order valence-corrected chi connectivity index (χ3v) is 6.19. The molecule has 26 heavy (non-hydrogen) atoms. The number of hydrogen-bond donors (Lipinski definition) is 1. The Hall–Kier alpha value is -1.23. The van der Waals surface area contributed by atoms with Crippen LogP contribution in [0.2, 0.25) is 0 Å². The number of nitrogens with zero attached hydrogens (tertiary/aromatic N) is 2. The van der Waals surface area contributed by atoms with Crippen molar-refractivity contribution in [3.8, 4) is 11.5 Å². The van der Waals surface area contributed by atoms with Crippen LogP contribution in [0.3, 0.4) is 0 Å². The minimum Gasteiger partial charge on any atom is -0.497 e. The molecule has 1 aromatic rings. The van der Waals surface area contributed by atoms with Crippen molar-refractivity contribution in [3.05, 3.63) is 23.8 Å². The molecular weight excluding hydrogens is 469 g/mol. The Kier molecular flexibility index (Phi) is 8.94. The highest BCUT2D eigenvalue weighted by molar-refractivity contribution is 14.0. The lowest BCUT2D eigenvalue weighted by Crippen LogP contribution is -2.40. The molecular formula is C17H28IN3O4S. The number of guanidine groups is 1.